The minimum atomic E-state index is -1.01. The molecule has 0 radical (unpaired) electrons. The van der Waals surface area contributed by atoms with Gasteiger partial charge in [0.15, 0.2) is 5.78 Å². The van der Waals surface area contributed by atoms with E-state index in [-0.39, 0.29) is 12.3 Å². The van der Waals surface area contributed by atoms with Crippen LogP contribution in [0.3, 0.4) is 0 Å². The van der Waals surface area contributed by atoms with Crippen molar-refractivity contribution in [1.82, 2.24) is 4.90 Å². The molecular weight excluding hydrogens is 308 g/mol. The summed E-state index contributed by atoms with van der Waals surface area (Å²) >= 11 is 0. The van der Waals surface area contributed by atoms with E-state index in [0.717, 1.165) is 5.39 Å². The maximum atomic E-state index is 12.8. The largest absolute Gasteiger partial charge is 0.465 e. The average molecular weight is 326 g/mol. The van der Waals surface area contributed by atoms with Crippen molar-refractivity contribution in [3.05, 3.63) is 47.5 Å². The molecule has 2 aromatic rings. The summed E-state index contributed by atoms with van der Waals surface area (Å²) in [6.07, 6.45) is 0.282. The second-order valence-electron chi connectivity index (χ2n) is 6.04. The van der Waals surface area contributed by atoms with Crippen molar-refractivity contribution >= 4 is 28.6 Å². The lowest BCUT2D eigenvalue weighted by Gasteiger charge is -2.29. The van der Waals surface area contributed by atoms with Crippen molar-refractivity contribution in [3.63, 3.8) is 0 Å². The van der Waals surface area contributed by atoms with Gasteiger partial charge in [-0.05, 0) is 35.7 Å². The van der Waals surface area contributed by atoms with Gasteiger partial charge in [-0.1, -0.05) is 24.3 Å². The van der Waals surface area contributed by atoms with Gasteiger partial charge in [-0.25, -0.2) is 4.79 Å². The van der Waals surface area contributed by atoms with Gasteiger partial charge in [-0.15, -0.1) is 0 Å². The molecule has 0 saturated carbocycles. The predicted molar refractivity (Wildman–Crippen MR) is 89.1 cm³/mol. The van der Waals surface area contributed by atoms with E-state index < -0.39 is 17.9 Å². The third kappa shape index (κ3) is 2.95. The molecule has 3 rings (SSSR count). The number of carbonyl (C=O) groups excluding carboxylic acids is 2. The maximum absolute atomic E-state index is 12.8. The Labute approximate surface area is 138 Å². The van der Waals surface area contributed by atoms with E-state index in [9.17, 15) is 14.4 Å². The van der Waals surface area contributed by atoms with E-state index in [4.69, 9.17) is 10.8 Å². The molecule has 0 spiro atoms. The van der Waals surface area contributed by atoms with Gasteiger partial charge in [0, 0.05) is 30.1 Å². The summed E-state index contributed by atoms with van der Waals surface area (Å²) in [7, 11) is 0. The predicted octanol–water partition coefficient (Wildman–Crippen LogP) is 2.51. The quantitative estimate of drug-likeness (QED) is 0.846. The number of nitrogens with two attached hydrogens (primary N) is 1. The molecule has 0 aliphatic carbocycles. The zero-order chi connectivity index (χ0) is 17.3. The fourth-order valence-electron chi connectivity index (χ4n) is 3.26. The van der Waals surface area contributed by atoms with Gasteiger partial charge >= 0.3 is 6.09 Å². The molecule has 1 heterocycles. The molecule has 2 amide bonds. The number of hydrogen-bond donors (Lipinski definition) is 2. The molecule has 6 nitrogen and oxygen atoms in total. The van der Waals surface area contributed by atoms with Crippen molar-refractivity contribution in [3.8, 4) is 0 Å². The summed E-state index contributed by atoms with van der Waals surface area (Å²) in [5.41, 5.74) is 6.16. The van der Waals surface area contributed by atoms with Crippen LogP contribution in [0.5, 0.6) is 0 Å². The first-order valence-corrected chi connectivity index (χ1v) is 7.82. The highest BCUT2D eigenvalue weighted by Crippen LogP contribution is 2.26. The van der Waals surface area contributed by atoms with Gasteiger partial charge in [0.1, 0.15) is 0 Å². The first kappa shape index (κ1) is 16.0. The summed E-state index contributed by atoms with van der Waals surface area (Å²) < 4.78 is 0. The van der Waals surface area contributed by atoms with Crippen LogP contribution in [0.4, 0.5) is 4.79 Å². The molecule has 3 N–H and O–H groups in total. The summed E-state index contributed by atoms with van der Waals surface area (Å²) in [5, 5.41) is 10.6. The molecule has 0 aromatic heterocycles. The normalized spacial score (nSPS) is 17.7. The summed E-state index contributed by atoms with van der Waals surface area (Å²) in [5.74, 6) is -1.12. The van der Waals surface area contributed by atoms with Gasteiger partial charge in [-0.3, -0.25) is 9.59 Å². The molecule has 0 bridgehead atoms. The first-order valence-electron chi connectivity index (χ1n) is 7.82. The van der Waals surface area contributed by atoms with E-state index in [1.165, 1.54) is 11.0 Å². The zero-order valence-electron chi connectivity index (χ0n) is 13.1. The SMILES string of the molecule is NC(=O)c1cc(C(=O)C2CCCN(C(=O)O)C2)cc2ccccc12. The van der Waals surface area contributed by atoms with E-state index in [2.05, 4.69) is 0 Å². The van der Waals surface area contributed by atoms with E-state index in [1.807, 2.05) is 18.2 Å². The lowest BCUT2D eigenvalue weighted by Crippen LogP contribution is -2.41. The molecule has 2 aromatic carbocycles. The molecule has 1 aliphatic rings. The number of carbonyl (C=O) groups is 3. The van der Waals surface area contributed by atoms with E-state index in [0.29, 0.717) is 35.9 Å². The van der Waals surface area contributed by atoms with Crippen LogP contribution >= 0.6 is 0 Å². The van der Waals surface area contributed by atoms with Crippen LogP contribution in [0.25, 0.3) is 10.8 Å². The Morgan fingerprint density at radius 1 is 1.17 bits per heavy atom. The number of fused-ring (bicyclic) bond motifs is 1. The molecule has 1 fully saturated rings. The van der Waals surface area contributed by atoms with Gasteiger partial charge in [-0.2, -0.15) is 0 Å². The number of nitrogens with zero attached hydrogens (tertiary/aromatic N) is 1. The first-order chi connectivity index (χ1) is 11.5. The lowest BCUT2D eigenvalue weighted by atomic mass is 9.88. The minimum Gasteiger partial charge on any atom is -0.465 e. The summed E-state index contributed by atoms with van der Waals surface area (Å²) in [6, 6.07) is 10.5. The number of ketones is 1. The van der Waals surface area contributed by atoms with Crippen LogP contribution in [-0.4, -0.2) is 40.9 Å². The van der Waals surface area contributed by atoms with Crippen molar-refractivity contribution in [1.29, 1.82) is 0 Å². The number of rotatable bonds is 3. The Balaban J connectivity index is 1.98. The Morgan fingerprint density at radius 3 is 2.62 bits per heavy atom. The summed E-state index contributed by atoms with van der Waals surface area (Å²) in [6.45, 7) is 0.635. The van der Waals surface area contributed by atoms with E-state index in [1.54, 1.807) is 12.1 Å². The highest BCUT2D eigenvalue weighted by atomic mass is 16.4. The average Bonchev–Trinajstić information content (AvgIpc) is 2.60. The van der Waals surface area contributed by atoms with Crippen molar-refractivity contribution in [2.24, 2.45) is 11.7 Å². The molecular formula is C18H18N2O4. The van der Waals surface area contributed by atoms with Crippen LogP contribution in [0, 0.1) is 5.92 Å². The zero-order valence-corrected chi connectivity index (χ0v) is 13.1. The monoisotopic (exact) mass is 326 g/mol. The van der Waals surface area contributed by atoms with Crippen molar-refractivity contribution < 1.29 is 19.5 Å². The Morgan fingerprint density at radius 2 is 1.92 bits per heavy atom. The second kappa shape index (κ2) is 6.31. The fraction of sp³-hybridized carbons (Fsp3) is 0.278. The smallest absolute Gasteiger partial charge is 0.407 e. The molecule has 124 valence electrons. The number of hydrogen-bond acceptors (Lipinski definition) is 3. The number of amides is 2. The lowest BCUT2D eigenvalue weighted by molar-refractivity contribution is 0.0807. The van der Waals surface area contributed by atoms with Crippen molar-refractivity contribution in [2.45, 2.75) is 12.8 Å². The van der Waals surface area contributed by atoms with Crippen LogP contribution in [-0.2, 0) is 0 Å². The van der Waals surface area contributed by atoms with Gasteiger partial charge in [0.25, 0.3) is 0 Å². The minimum absolute atomic E-state index is 0.144. The molecule has 6 heteroatoms. The van der Waals surface area contributed by atoms with Crippen LogP contribution in [0.2, 0.25) is 0 Å². The molecule has 1 aliphatic heterocycles. The number of benzene rings is 2. The third-order valence-electron chi connectivity index (χ3n) is 4.47. The Bertz CT molecular complexity index is 831. The van der Waals surface area contributed by atoms with E-state index >= 15 is 0 Å². The number of primary amides is 1. The third-order valence-corrected chi connectivity index (χ3v) is 4.47. The second-order valence-corrected chi connectivity index (χ2v) is 6.04. The van der Waals surface area contributed by atoms with Gasteiger partial charge in [0.2, 0.25) is 5.91 Å². The van der Waals surface area contributed by atoms with Crippen LogP contribution in [0.1, 0.15) is 33.6 Å². The molecule has 1 unspecified atom stereocenters. The topological polar surface area (TPSA) is 101 Å². The maximum Gasteiger partial charge on any atom is 0.407 e. The number of Topliss-reactive ketones (excluding diaryl/α,β-unsaturated/α-hetero) is 1. The van der Waals surface area contributed by atoms with Crippen LogP contribution in [0.15, 0.2) is 36.4 Å². The highest BCUT2D eigenvalue weighted by Gasteiger charge is 2.29. The number of piperidine rings is 1. The Kier molecular flexibility index (Phi) is 4.20. The summed E-state index contributed by atoms with van der Waals surface area (Å²) in [4.78, 5) is 36.9. The molecule has 1 saturated heterocycles. The number of carboxylic acid groups (broad SMARTS) is 1. The fourth-order valence-corrected chi connectivity index (χ4v) is 3.26. The number of likely N-dealkylation sites (tertiary alicyclic amines) is 1. The van der Waals surface area contributed by atoms with Gasteiger partial charge < -0.3 is 15.7 Å². The Hall–Kier alpha value is -2.89. The standard InChI is InChI=1S/C18H18N2O4/c19-17(22)15-9-13(8-11-4-1-2-6-14(11)15)16(21)12-5-3-7-20(10-12)18(23)24/h1-2,4,6,8-9,12H,3,5,7,10H2,(H2,19,22)(H,23,24). The molecule has 1 atom stereocenters. The highest BCUT2D eigenvalue weighted by molar-refractivity contribution is 6.10. The van der Waals surface area contributed by atoms with Crippen LogP contribution < -0.4 is 5.73 Å². The van der Waals surface area contributed by atoms with Gasteiger partial charge in [0.05, 0.1) is 0 Å². The molecule has 24 heavy (non-hydrogen) atoms. The van der Waals surface area contributed by atoms with Crippen molar-refractivity contribution in [2.75, 3.05) is 13.1 Å².